The topological polar surface area (TPSA) is 108 Å². The molecule has 2 atom stereocenters. The summed E-state index contributed by atoms with van der Waals surface area (Å²) in [4.78, 5) is 43.9. The third kappa shape index (κ3) is 9.83. The fourth-order valence-electron chi connectivity index (χ4n) is 5.34. The van der Waals surface area contributed by atoms with Gasteiger partial charge in [0.25, 0.3) is 5.91 Å². The number of anilines is 1. The van der Waals surface area contributed by atoms with Gasteiger partial charge in [0.1, 0.15) is 23.4 Å². The Kier molecular flexibility index (Phi) is 12.2. The van der Waals surface area contributed by atoms with Gasteiger partial charge >= 0.3 is 6.09 Å². The van der Waals surface area contributed by atoms with Crippen molar-refractivity contribution in [3.05, 3.63) is 94.0 Å². The minimum Gasteiger partial charge on any atom is -0.508 e. The van der Waals surface area contributed by atoms with Gasteiger partial charge < -0.3 is 25.4 Å². The van der Waals surface area contributed by atoms with Gasteiger partial charge in [0.2, 0.25) is 5.91 Å². The van der Waals surface area contributed by atoms with E-state index in [9.17, 15) is 19.5 Å². The number of aromatic hydroxyl groups is 1. The van der Waals surface area contributed by atoms with Crippen LogP contribution in [0.2, 0.25) is 0 Å². The highest BCUT2D eigenvalue weighted by Gasteiger charge is 2.37. The van der Waals surface area contributed by atoms with Crippen LogP contribution in [0.15, 0.2) is 60.7 Å². The highest BCUT2D eigenvalue weighted by Crippen LogP contribution is 2.31. The van der Waals surface area contributed by atoms with Crippen molar-refractivity contribution in [1.29, 1.82) is 0 Å². The van der Waals surface area contributed by atoms with Gasteiger partial charge in [-0.15, -0.1) is 0 Å². The molecule has 3 aromatic carbocycles. The highest BCUT2D eigenvalue weighted by molar-refractivity contribution is 6.00. The molecule has 3 aromatic rings. The molecule has 45 heavy (non-hydrogen) atoms. The first-order chi connectivity index (χ1) is 21.2. The van der Waals surface area contributed by atoms with Crippen LogP contribution in [0.4, 0.5) is 10.5 Å². The maximum Gasteiger partial charge on any atom is 0.408 e. The summed E-state index contributed by atoms with van der Waals surface area (Å²) < 4.78 is 5.55. The van der Waals surface area contributed by atoms with Crippen molar-refractivity contribution >= 4 is 23.6 Å². The number of ether oxygens (including phenoxy) is 1. The molecule has 0 heterocycles. The molecule has 2 unspecified atom stereocenters. The fourth-order valence-corrected chi connectivity index (χ4v) is 5.34. The first-order valence-electron chi connectivity index (χ1n) is 15.7. The number of carbonyl (C=O) groups excluding carboxylic acids is 3. The SMILES string of the molecule is CCCCCN(C(=O)C(Cc1ccc(O)cc1)NC(=O)OC(C)(C)C)C(C(=O)Nc1c(C)cccc1C)c1cccc(C)c1C. The van der Waals surface area contributed by atoms with Gasteiger partial charge in [0, 0.05) is 18.7 Å². The second-order valence-electron chi connectivity index (χ2n) is 12.8. The predicted molar refractivity (Wildman–Crippen MR) is 179 cm³/mol. The summed E-state index contributed by atoms with van der Waals surface area (Å²) >= 11 is 0. The van der Waals surface area contributed by atoms with Crippen LogP contribution in [0.5, 0.6) is 5.75 Å². The standard InChI is InChI=1S/C37H49N3O5/c1-9-10-11-22-40(35(43)31(38-36(44)45-37(6,7)8)23-28-18-20-29(41)21-19-28)33(30-17-13-14-24(2)27(30)5)34(42)39-32-25(3)15-12-16-26(32)4/h12-21,31,33,41H,9-11,22-23H2,1-8H3,(H,38,44)(H,39,42). The monoisotopic (exact) mass is 615 g/mol. The zero-order chi connectivity index (χ0) is 33.3. The number of rotatable bonds is 12. The van der Waals surface area contributed by atoms with E-state index >= 15 is 0 Å². The lowest BCUT2D eigenvalue weighted by Gasteiger charge is -2.35. The van der Waals surface area contributed by atoms with E-state index in [0.29, 0.717) is 18.7 Å². The van der Waals surface area contributed by atoms with Crippen molar-refractivity contribution in [1.82, 2.24) is 10.2 Å². The second-order valence-corrected chi connectivity index (χ2v) is 12.8. The number of aryl methyl sites for hydroxylation is 3. The zero-order valence-electron chi connectivity index (χ0n) is 28.0. The van der Waals surface area contributed by atoms with E-state index < -0.39 is 29.7 Å². The van der Waals surface area contributed by atoms with Gasteiger partial charge in [-0.05, 0) is 100 Å². The molecule has 0 aliphatic heterocycles. The Hall–Kier alpha value is -4.33. The molecule has 0 saturated heterocycles. The van der Waals surface area contributed by atoms with Crippen molar-refractivity contribution in [2.24, 2.45) is 0 Å². The number of benzene rings is 3. The Morgan fingerprint density at radius 2 is 1.47 bits per heavy atom. The third-order valence-corrected chi connectivity index (χ3v) is 7.88. The summed E-state index contributed by atoms with van der Waals surface area (Å²) in [6.45, 7) is 15.5. The molecular weight excluding hydrogens is 566 g/mol. The first kappa shape index (κ1) is 35.2. The third-order valence-electron chi connectivity index (χ3n) is 7.88. The summed E-state index contributed by atoms with van der Waals surface area (Å²) in [5.41, 5.74) is 5.17. The summed E-state index contributed by atoms with van der Waals surface area (Å²) in [5, 5.41) is 15.8. The van der Waals surface area contributed by atoms with E-state index in [1.54, 1.807) is 49.9 Å². The van der Waals surface area contributed by atoms with E-state index in [2.05, 4.69) is 17.6 Å². The van der Waals surface area contributed by atoms with Crippen molar-refractivity contribution < 1.29 is 24.2 Å². The Labute approximate surface area is 268 Å². The molecule has 0 aliphatic rings. The molecule has 3 amide bonds. The highest BCUT2D eigenvalue weighted by atomic mass is 16.6. The molecule has 0 bridgehead atoms. The van der Waals surface area contributed by atoms with Crippen LogP contribution in [-0.4, -0.2) is 46.1 Å². The lowest BCUT2D eigenvalue weighted by Crippen LogP contribution is -2.53. The Bertz CT molecular complexity index is 1460. The molecule has 3 N–H and O–H groups in total. The fraction of sp³-hybridized carbons (Fsp3) is 0.432. The Morgan fingerprint density at radius 3 is 2.07 bits per heavy atom. The van der Waals surface area contributed by atoms with Crippen molar-refractivity contribution in [3.8, 4) is 5.75 Å². The zero-order valence-corrected chi connectivity index (χ0v) is 28.0. The average Bonchev–Trinajstić information content (AvgIpc) is 2.96. The molecule has 8 nitrogen and oxygen atoms in total. The maximum atomic E-state index is 14.7. The maximum absolute atomic E-state index is 14.7. The molecule has 0 aliphatic carbocycles. The molecule has 3 rings (SSSR count). The summed E-state index contributed by atoms with van der Waals surface area (Å²) in [6.07, 6.45) is 1.89. The minimum absolute atomic E-state index is 0.0982. The van der Waals surface area contributed by atoms with Gasteiger partial charge in [0.15, 0.2) is 0 Å². The number of hydrogen-bond acceptors (Lipinski definition) is 5. The van der Waals surface area contributed by atoms with Crippen molar-refractivity contribution in [3.63, 3.8) is 0 Å². The largest absolute Gasteiger partial charge is 0.508 e. The summed E-state index contributed by atoms with van der Waals surface area (Å²) in [6, 6.07) is 16.1. The number of phenols is 1. The van der Waals surface area contributed by atoms with E-state index in [1.165, 1.54) is 0 Å². The number of nitrogens with one attached hydrogen (secondary N) is 2. The lowest BCUT2D eigenvalue weighted by molar-refractivity contribution is -0.140. The van der Waals surface area contributed by atoms with Crippen molar-refractivity contribution in [2.75, 3.05) is 11.9 Å². The first-order valence-corrected chi connectivity index (χ1v) is 15.7. The quantitative estimate of drug-likeness (QED) is 0.183. The normalized spacial score (nSPS) is 12.6. The Morgan fingerprint density at radius 1 is 0.867 bits per heavy atom. The lowest BCUT2D eigenvalue weighted by atomic mass is 9.94. The van der Waals surface area contributed by atoms with Crippen LogP contribution < -0.4 is 10.6 Å². The molecule has 242 valence electrons. The molecular formula is C37H49N3O5. The van der Waals surface area contributed by atoms with Crippen LogP contribution in [0, 0.1) is 27.7 Å². The van der Waals surface area contributed by atoms with Gasteiger partial charge in [-0.25, -0.2) is 4.79 Å². The molecule has 0 spiro atoms. The minimum atomic E-state index is -1.04. The Balaban J connectivity index is 2.14. The van der Waals surface area contributed by atoms with Crippen LogP contribution in [0.25, 0.3) is 0 Å². The van der Waals surface area contributed by atoms with E-state index in [1.807, 2.05) is 64.1 Å². The smallest absolute Gasteiger partial charge is 0.408 e. The summed E-state index contributed by atoms with van der Waals surface area (Å²) in [7, 11) is 0. The number of alkyl carbamates (subject to hydrolysis) is 1. The van der Waals surface area contributed by atoms with Crippen LogP contribution in [0.3, 0.4) is 0 Å². The molecule has 8 heteroatoms. The predicted octanol–water partition coefficient (Wildman–Crippen LogP) is 7.46. The van der Waals surface area contributed by atoms with Gasteiger partial charge in [0.05, 0.1) is 0 Å². The van der Waals surface area contributed by atoms with Gasteiger partial charge in [-0.1, -0.05) is 68.3 Å². The van der Waals surface area contributed by atoms with Crippen molar-refractivity contribution in [2.45, 2.75) is 98.8 Å². The molecule has 0 radical (unpaired) electrons. The number of nitrogens with zero attached hydrogens (tertiary/aromatic N) is 1. The van der Waals surface area contributed by atoms with Crippen LogP contribution in [0.1, 0.15) is 86.4 Å². The molecule has 0 saturated carbocycles. The molecule has 0 aromatic heterocycles. The number of hydrogen-bond donors (Lipinski definition) is 3. The van der Waals surface area contributed by atoms with Crippen LogP contribution in [-0.2, 0) is 20.7 Å². The summed E-state index contributed by atoms with van der Waals surface area (Å²) in [5.74, 6) is -0.625. The van der Waals surface area contributed by atoms with E-state index in [0.717, 1.165) is 46.2 Å². The molecule has 0 fully saturated rings. The average molecular weight is 616 g/mol. The van der Waals surface area contributed by atoms with Gasteiger partial charge in [-0.3, -0.25) is 9.59 Å². The number of phenolic OH excluding ortho intramolecular Hbond substituents is 1. The van der Waals surface area contributed by atoms with E-state index in [-0.39, 0.29) is 18.1 Å². The van der Waals surface area contributed by atoms with E-state index in [4.69, 9.17) is 4.74 Å². The number of amides is 3. The van der Waals surface area contributed by atoms with Crippen LogP contribution >= 0.6 is 0 Å². The second kappa shape index (κ2) is 15.6. The number of unbranched alkanes of at least 4 members (excludes halogenated alkanes) is 2. The number of para-hydroxylation sites is 1. The van der Waals surface area contributed by atoms with Gasteiger partial charge in [-0.2, -0.15) is 0 Å². The number of carbonyl (C=O) groups is 3.